The van der Waals surface area contributed by atoms with E-state index in [1.807, 2.05) is 6.07 Å². The molecule has 144 valence electrons. The number of allylic oxidation sites excluding steroid dienone is 1. The highest BCUT2D eigenvalue weighted by Gasteiger charge is 2.34. The van der Waals surface area contributed by atoms with Gasteiger partial charge in [0, 0.05) is 40.4 Å². The van der Waals surface area contributed by atoms with Crippen molar-refractivity contribution in [1.29, 1.82) is 0 Å². The predicted molar refractivity (Wildman–Crippen MR) is 113 cm³/mol. The molecule has 6 heteroatoms. The number of halogens is 2. The molecule has 4 rings (SSSR count). The van der Waals surface area contributed by atoms with E-state index in [0.717, 1.165) is 29.1 Å². The van der Waals surface area contributed by atoms with E-state index in [2.05, 4.69) is 24.5 Å². The van der Waals surface area contributed by atoms with Crippen molar-refractivity contribution < 1.29 is 9.59 Å². The maximum Gasteiger partial charge on any atom is 0.194 e. The van der Waals surface area contributed by atoms with Crippen molar-refractivity contribution in [2.45, 2.75) is 26.7 Å². The maximum absolute atomic E-state index is 12.9. The summed E-state index contributed by atoms with van der Waals surface area (Å²) in [6, 6.07) is 10.3. The summed E-state index contributed by atoms with van der Waals surface area (Å²) >= 11 is 12.1. The lowest BCUT2D eigenvalue weighted by Gasteiger charge is -2.31. The molecule has 2 aliphatic rings. The molecule has 0 spiro atoms. The van der Waals surface area contributed by atoms with E-state index in [-0.39, 0.29) is 17.0 Å². The van der Waals surface area contributed by atoms with Crippen LogP contribution in [0.5, 0.6) is 0 Å². The minimum Gasteiger partial charge on any atom is -0.379 e. The number of carbonyl (C=O) groups excluding carboxylic acids is 2. The van der Waals surface area contributed by atoms with Gasteiger partial charge in [0.15, 0.2) is 11.6 Å². The van der Waals surface area contributed by atoms with Crippen molar-refractivity contribution in [2.24, 2.45) is 5.41 Å². The second-order valence-electron chi connectivity index (χ2n) is 8.09. The fourth-order valence-corrected chi connectivity index (χ4v) is 4.29. The first-order valence-electron chi connectivity index (χ1n) is 9.13. The zero-order valence-electron chi connectivity index (χ0n) is 15.7. The first-order valence-corrected chi connectivity index (χ1v) is 9.89. The Labute approximate surface area is 173 Å². The van der Waals surface area contributed by atoms with E-state index >= 15 is 0 Å². The predicted octanol–water partition coefficient (Wildman–Crippen LogP) is 5.71. The number of anilines is 2. The molecular formula is C22H20Cl2N2O2. The van der Waals surface area contributed by atoms with E-state index in [1.54, 1.807) is 30.3 Å². The van der Waals surface area contributed by atoms with Crippen molar-refractivity contribution in [3.63, 3.8) is 0 Å². The summed E-state index contributed by atoms with van der Waals surface area (Å²) in [4.78, 5) is 25.5. The Balaban J connectivity index is 1.70. The van der Waals surface area contributed by atoms with Gasteiger partial charge in [0.25, 0.3) is 0 Å². The van der Waals surface area contributed by atoms with E-state index in [1.165, 1.54) is 0 Å². The van der Waals surface area contributed by atoms with Crippen LogP contribution in [0.4, 0.5) is 11.4 Å². The van der Waals surface area contributed by atoms with Crippen LogP contribution < -0.4 is 10.6 Å². The number of benzene rings is 2. The van der Waals surface area contributed by atoms with Crippen LogP contribution in [0.25, 0.3) is 0 Å². The Hall–Kier alpha value is -2.30. The lowest BCUT2D eigenvalue weighted by molar-refractivity contribution is -0.118. The quantitative estimate of drug-likeness (QED) is 0.618. The average molecular weight is 415 g/mol. The third kappa shape index (κ3) is 3.54. The molecule has 0 amide bonds. The molecule has 1 heterocycles. The van der Waals surface area contributed by atoms with Crippen LogP contribution in [0.1, 0.15) is 42.6 Å². The zero-order chi connectivity index (χ0) is 20.1. The Morgan fingerprint density at radius 1 is 1.04 bits per heavy atom. The van der Waals surface area contributed by atoms with Gasteiger partial charge in [0.2, 0.25) is 0 Å². The molecule has 2 aromatic carbocycles. The summed E-state index contributed by atoms with van der Waals surface area (Å²) < 4.78 is 0. The molecule has 0 saturated heterocycles. The molecule has 4 nitrogen and oxygen atoms in total. The molecule has 2 N–H and O–H groups in total. The smallest absolute Gasteiger partial charge is 0.194 e. The van der Waals surface area contributed by atoms with Crippen molar-refractivity contribution in [3.05, 3.63) is 68.8 Å². The van der Waals surface area contributed by atoms with Gasteiger partial charge in [-0.1, -0.05) is 37.0 Å². The molecule has 1 aliphatic carbocycles. The van der Waals surface area contributed by atoms with Gasteiger partial charge in [-0.05, 0) is 48.2 Å². The summed E-state index contributed by atoms with van der Waals surface area (Å²) in [5.41, 5.74) is 4.21. The summed E-state index contributed by atoms with van der Waals surface area (Å²) in [7, 11) is 0. The Morgan fingerprint density at radius 2 is 1.82 bits per heavy atom. The molecule has 1 aliphatic heterocycles. The van der Waals surface area contributed by atoms with Crippen LogP contribution in [0, 0.1) is 5.41 Å². The Morgan fingerprint density at radius 3 is 2.57 bits per heavy atom. The topological polar surface area (TPSA) is 58.2 Å². The maximum atomic E-state index is 12.9. The van der Waals surface area contributed by atoms with Crippen LogP contribution in [0.15, 0.2) is 47.7 Å². The molecule has 0 fully saturated rings. The fraction of sp³-hybridized carbons (Fsp3) is 0.273. The normalized spacial score (nSPS) is 17.8. The molecule has 0 bridgehead atoms. The first kappa shape index (κ1) is 19.0. The molecular weight excluding hydrogens is 395 g/mol. The molecule has 2 aromatic rings. The number of ketones is 2. The van der Waals surface area contributed by atoms with Crippen molar-refractivity contribution in [1.82, 2.24) is 0 Å². The number of fused-ring (bicyclic) bond motifs is 1. The second-order valence-corrected chi connectivity index (χ2v) is 8.93. The zero-order valence-corrected chi connectivity index (χ0v) is 17.2. The van der Waals surface area contributed by atoms with Crippen LogP contribution in [-0.2, 0) is 4.79 Å². The number of Topliss-reactive ketones (excluding diaryl/α,β-unsaturated/α-hetero) is 1. The largest absolute Gasteiger partial charge is 0.379 e. The van der Waals surface area contributed by atoms with Crippen molar-refractivity contribution >= 4 is 46.1 Å². The van der Waals surface area contributed by atoms with Gasteiger partial charge >= 0.3 is 0 Å². The van der Waals surface area contributed by atoms with Gasteiger partial charge in [-0.3, -0.25) is 9.59 Å². The number of hydrogen-bond acceptors (Lipinski definition) is 4. The van der Waals surface area contributed by atoms with Crippen LogP contribution in [-0.4, -0.2) is 18.1 Å². The van der Waals surface area contributed by atoms with Gasteiger partial charge in [-0.2, -0.15) is 0 Å². The van der Waals surface area contributed by atoms with Gasteiger partial charge in [0.05, 0.1) is 16.4 Å². The molecule has 0 radical (unpaired) electrons. The van der Waals surface area contributed by atoms with Gasteiger partial charge < -0.3 is 10.6 Å². The number of hydrogen-bond donors (Lipinski definition) is 2. The lowest BCUT2D eigenvalue weighted by Crippen LogP contribution is -2.29. The van der Waals surface area contributed by atoms with Gasteiger partial charge in [-0.25, -0.2) is 0 Å². The van der Waals surface area contributed by atoms with Crippen LogP contribution in [0.3, 0.4) is 0 Å². The molecule has 0 unspecified atom stereocenters. The number of rotatable bonds is 2. The first-order chi connectivity index (χ1) is 13.2. The third-order valence-electron chi connectivity index (χ3n) is 5.19. The Bertz CT molecular complexity index is 1040. The van der Waals surface area contributed by atoms with E-state index < -0.39 is 0 Å². The monoisotopic (exact) mass is 414 g/mol. The molecule has 28 heavy (non-hydrogen) atoms. The van der Waals surface area contributed by atoms with Crippen molar-refractivity contribution in [3.8, 4) is 0 Å². The summed E-state index contributed by atoms with van der Waals surface area (Å²) in [5, 5.41) is 7.53. The molecule has 0 aromatic heterocycles. The van der Waals surface area contributed by atoms with Crippen LogP contribution in [0.2, 0.25) is 10.0 Å². The fourth-order valence-electron chi connectivity index (χ4n) is 3.80. The van der Waals surface area contributed by atoms with E-state index in [4.69, 9.17) is 23.2 Å². The minimum atomic E-state index is -0.176. The number of carbonyl (C=O) groups is 2. The Kier molecular flexibility index (Phi) is 4.72. The van der Waals surface area contributed by atoms with Gasteiger partial charge in [0.1, 0.15) is 0 Å². The van der Waals surface area contributed by atoms with Crippen molar-refractivity contribution in [2.75, 3.05) is 17.2 Å². The van der Waals surface area contributed by atoms with E-state index in [9.17, 15) is 9.59 Å². The molecule has 0 saturated carbocycles. The summed E-state index contributed by atoms with van der Waals surface area (Å²) in [5.74, 6) is -0.00642. The van der Waals surface area contributed by atoms with E-state index in [0.29, 0.717) is 34.1 Å². The number of nitrogens with one attached hydrogen (secondary N) is 2. The van der Waals surface area contributed by atoms with Gasteiger partial charge in [-0.15, -0.1) is 0 Å². The summed E-state index contributed by atoms with van der Waals surface area (Å²) in [6.07, 6.45) is 1.33. The highest BCUT2D eigenvalue weighted by atomic mass is 35.5. The lowest BCUT2D eigenvalue weighted by atomic mass is 9.76. The SMILES string of the molecule is CC1(C)CC(=O)C2=C(C1)Nc1cc(C(=O)c3ccc(Cl)cc3Cl)ccc1NC2. The highest BCUT2D eigenvalue weighted by molar-refractivity contribution is 6.37. The minimum absolute atomic E-state index is 0.0856. The summed E-state index contributed by atoms with van der Waals surface area (Å²) in [6.45, 7) is 4.68. The van der Waals surface area contributed by atoms with Crippen LogP contribution >= 0.6 is 23.2 Å². The second kappa shape index (κ2) is 6.94. The third-order valence-corrected chi connectivity index (χ3v) is 5.74. The standard InChI is InChI=1S/C22H20Cl2N2O2/c1-22(2)9-19-15(20(27)10-22)11-25-17-6-3-12(7-18(17)26-19)21(28)14-5-4-13(23)8-16(14)24/h3-8,25-26H,9-11H2,1-2H3. The molecule has 0 atom stereocenters. The highest BCUT2D eigenvalue weighted by Crippen LogP contribution is 2.40. The average Bonchev–Trinajstić information content (AvgIpc) is 2.78.